The first-order chi connectivity index (χ1) is 22.0. The van der Waals surface area contributed by atoms with Gasteiger partial charge in [0, 0.05) is 73.8 Å². The van der Waals surface area contributed by atoms with E-state index >= 15 is 0 Å². The van der Waals surface area contributed by atoms with Gasteiger partial charge < -0.3 is 14.2 Å². The van der Waals surface area contributed by atoms with E-state index in [1.54, 1.807) is 13.2 Å². The van der Waals surface area contributed by atoms with E-state index in [1.807, 2.05) is 18.2 Å². The van der Waals surface area contributed by atoms with E-state index in [4.69, 9.17) is 4.74 Å². The number of carbonyl (C=O) groups is 2. The average Bonchev–Trinajstić information content (AvgIpc) is 3.29. The second-order valence-corrected chi connectivity index (χ2v) is 16.3. The third-order valence-electron chi connectivity index (χ3n) is 11.7. The number of fused-ring (bicyclic) bond motifs is 9. The lowest BCUT2D eigenvalue weighted by Crippen LogP contribution is -2.50. The van der Waals surface area contributed by atoms with Gasteiger partial charge in [-0.15, -0.1) is 0 Å². The molecule has 4 heterocycles. The van der Waals surface area contributed by atoms with Crippen molar-refractivity contribution in [3.63, 3.8) is 0 Å². The van der Waals surface area contributed by atoms with Gasteiger partial charge in [0.05, 0.1) is 18.2 Å². The maximum Gasteiger partial charge on any atom is 0.303 e. The number of nitrogens with one attached hydrogen (secondary N) is 1. The van der Waals surface area contributed by atoms with Crippen LogP contribution in [-0.4, -0.2) is 92.3 Å². The fourth-order valence-corrected chi connectivity index (χ4v) is 9.62. The first-order valence-corrected chi connectivity index (χ1v) is 18.1. The molecule has 244 valence electrons. The topological polar surface area (TPSA) is 104 Å². The van der Waals surface area contributed by atoms with Crippen LogP contribution in [0.5, 0.6) is 5.75 Å². The average molecular weight is 646 g/mol. The zero-order valence-electron chi connectivity index (χ0n) is 27.1. The number of likely N-dealkylation sites (tertiary alicyclic amines) is 2. The molecule has 2 aliphatic carbocycles. The normalized spacial score (nSPS) is 27.3. The number of rotatable bonds is 6. The lowest BCUT2D eigenvalue weighted by atomic mass is 9.81. The molecule has 46 heavy (non-hydrogen) atoms. The number of hydrogen-bond acceptors (Lipinski definition) is 6. The van der Waals surface area contributed by atoms with Crippen molar-refractivity contribution < 1.29 is 22.7 Å². The summed E-state index contributed by atoms with van der Waals surface area (Å²) in [4.78, 5) is 32.6. The third-order valence-corrected chi connectivity index (χ3v) is 13.1. The summed E-state index contributed by atoms with van der Waals surface area (Å²) in [6, 6.07) is 12.6. The SMILES string of the molecule is COc1ccc2c(c1)C1CC1(C(=O)N1C[C@@H]3C[C@@H]1CN3C)Cn1c-2c(C2CCCCC2)c2ccc(C(=O)NS(=O)(=O)N(C)C)cc21. The Balaban J connectivity index is 1.32. The van der Waals surface area contributed by atoms with Gasteiger partial charge in [-0.2, -0.15) is 12.7 Å². The molecule has 2 aromatic carbocycles. The second-order valence-electron chi connectivity index (χ2n) is 14.4. The molecule has 2 unspecified atom stereocenters. The predicted molar refractivity (Wildman–Crippen MR) is 176 cm³/mol. The van der Waals surface area contributed by atoms with Crippen LogP contribution in [0.2, 0.25) is 0 Å². The predicted octanol–water partition coefficient (Wildman–Crippen LogP) is 4.30. The summed E-state index contributed by atoms with van der Waals surface area (Å²) in [5, 5.41) is 1.08. The molecule has 0 spiro atoms. The minimum atomic E-state index is -3.96. The van der Waals surface area contributed by atoms with Crippen LogP contribution in [0.3, 0.4) is 0 Å². The molecular formula is C35H43N5O5S. The molecule has 2 bridgehead atoms. The molecule has 8 rings (SSSR count). The third kappa shape index (κ3) is 4.45. The number of likely N-dealkylation sites (N-methyl/N-ethyl adjacent to an activating group) is 1. The first-order valence-electron chi connectivity index (χ1n) is 16.6. The van der Waals surface area contributed by atoms with Crippen LogP contribution in [0.4, 0.5) is 0 Å². The van der Waals surface area contributed by atoms with Gasteiger partial charge in [-0.1, -0.05) is 25.3 Å². The molecule has 3 aromatic rings. The lowest BCUT2D eigenvalue weighted by molar-refractivity contribution is -0.140. The molecule has 4 fully saturated rings. The Hall–Kier alpha value is -3.41. The molecular weight excluding hydrogens is 602 g/mol. The fourth-order valence-electron chi connectivity index (χ4n) is 9.09. The van der Waals surface area contributed by atoms with Crippen molar-refractivity contribution in [2.45, 2.75) is 75.4 Å². The summed E-state index contributed by atoms with van der Waals surface area (Å²) in [5.74, 6) is 0.803. The van der Waals surface area contributed by atoms with Crippen molar-refractivity contribution in [1.29, 1.82) is 0 Å². The smallest absolute Gasteiger partial charge is 0.303 e. The van der Waals surface area contributed by atoms with Crippen LogP contribution in [0.1, 0.15) is 78.3 Å². The van der Waals surface area contributed by atoms with E-state index < -0.39 is 21.5 Å². The van der Waals surface area contributed by atoms with Crippen molar-refractivity contribution in [3.05, 3.63) is 53.1 Å². The van der Waals surface area contributed by atoms with Crippen LogP contribution >= 0.6 is 0 Å². The molecule has 5 aliphatic rings. The van der Waals surface area contributed by atoms with Crippen molar-refractivity contribution in [1.82, 2.24) is 23.4 Å². The van der Waals surface area contributed by atoms with E-state index in [0.29, 0.717) is 18.5 Å². The van der Waals surface area contributed by atoms with Gasteiger partial charge >= 0.3 is 10.2 Å². The summed E-state index contributed by atoms with van der Waals surface area (Å²) >= 11 is 0. The molecule has 3 aliphatic heterocycles. The number of hydrogen-bond donors (Lipinski definition) is 1. The Morgan fingerprint density at radius 1 is 1.02 bits per heavy atom. The van der Waals surface area contributed by atoms with Gasteiger partial charge in [-0.3, -0.25) is 14.5 Å². The van der Waals surface area contributed by atoms with Crippen molar-refractivity contribution in [2.75, 3.05) is 41.3 Å². The lowest BCUT2D eigenvalue weighted by Gasteiger charge is -2.35. The number of amides is 2. The molecule has 11 heteroatoms. The first kappa shape index (κ1) is 30.0. The standard InChI is InChI=1S/C35H43N5O5S/c1-37(2)46(43,44)36-33(41)22-10-12-27-30(14-22)40-20-35(34(42)39-19-23-15-24(39)18-38(23)3)17-29(35)28-16-25(45-4)11-13-26(28)32(40)31(27)21-8-6-5-7-9-21/h10-14,16,21,23-24,29H,5-9,15,17-20H2,1-4H3,(H,36,41)/t23-,24+,29?,35?/m0/s1. The van der Waals surface area contributed by atoms with Gasteiger partial charge in [-0.25, -0.2) is 4.72 Å². The maximum atomic E-state index is 14.8. The Morgan fingerprint density at radius 2 is 1.80 bits per heavy atom. The van der Waals surface area contributed by atoms with Crippen molar-refractivity contribution in [3.8, 4) is 17.0 Å². The number of nitrogens with zero attached hydrogens (tertiary/aromatic N) is 4. The Labute approximate surface area is 270 Å². The Morgan fingerprint density at radius 3 is 2.48 bits per heavy atom. The maximum absolute atomic E-state index is 14.8. The summed E-state index contributed by atoms with van der Waals surface area (Å²) in [6.45, 7) is 2.22. The summed E-state index contributed by atoms with van der Waals surface area (Å²) < 4.78 is 36.3. The molecule has 2 saturated heterocycles. The highest BCUT2D eigenvalue weighted by molar-refractivity contribution is 7.87. The van der Waals surface area contributed by atoms with Gasteiger partial charge in [0.25, 0.3) is 5.91 Å². The number of methoxy groups -OCH3 is 1. The van der Waals surface area contributed by atoms with Crippen molar-refractivity contribution >= 4 is 32.9 Å². The molecule has 1 N–H and O–H groups in total. The van der Waals surface area contributed by atoms with Gasteiger partial charge in [0.2, 0.25) is 5.91 Å². The monoisotopic (exact) mass is 645 g/mol. The van der Waals surface area contributed by atoms with E-state index in [-0.39, 0.29) is 23.4 Å². The quantitative estimate of drug-likeness (QED) is 0.429. The molecule has 0 radical (unpaired) electrons. The zero-order valence-corrected chi connectivity index (χ0v) is 27.9. The number of benzene rings is 2. The van der Waals surface area contributed by atoms with Gasteiger partial charge in [-0.05, 0) is 80.1 Å². The Kier molecular flexibility index (Phi) is 6.87. The molecule has 1 aromatic heterocycles. The molecule has 10 nitrogen and oxygen atoms in total. The van der Waals surface area contributed by atoms with Crippen LogP contribution in [0.25, 0.3) is 22.2 Å². The number of ether oxygens (including phenoxy) is 1. The summed E-state index contributed by atoms with van der Waals surface area (Å²) in [6.07, 6.45) is 7.58. The number of piperazine rings is 1. The fraction of sp³-hybridized carbons (Fsp3) is 0.543. The van der Waals surface area contributed by atoms with E-state index in [2.05, 4.69) is 38.3 Å². The highest BCUT2D eigenvalue weighted by Crippen LogP contribution is 2.66. The molecule has 2 saturated carbocycles. The summed E-state index contributed by atoms with van der Waals surface area (Å²) in [7, 11) is 2.66. The van der Waals surface area contributed by atoms with Crippen molar-refractivity contribution in [2.24, 2.45) is 5.41 Å². The van der Waals surface area contributed by atoms with Gasteiger partial charge in [0.15, 0.2) is 0 Å². The van der Waals surface area contributed by atoms with E-state index in [9.17, 15) is 18.0 Å². The highest BCUT2D eigenvalue weighted by Gasteiger charge is 2.65. The van der Waals surface area contributed by atoms with E-state index in [0.717, 1.165) is 71.0 Å². The van der Waals surface area contributed by atoms with E-state index in [1.165, 1.54) is 44.5 Å². The van der Waals surface area contributed by atoms with Crippen LogP contribution in [0.15, 0.2) is 36.4 Å². The zero-order chi connectivity index (χ0) is 32.1. The number of aromatic nitrogens is 1. The van der Waals surface area contributed by atoms with Gasteiger partial charge in [0.1, 0.15) is 5.75 Å². The highest BCUT2D eigenvalue weighted by atomic mass is 32.2. The van der Waals surface area contributed by atoms with Crippen LogP contribution in [-0.2, 0) is 21.5 Å². The second kappa shape index (κ2) is 10.6. The largest absolute Gasteiger partial charge is 0.497 e. The van der Waals surface area contributed by atoms with Crippen LogP contribution in [0, 0.1) is 5.41 Å². The number of carbonyl (C=O) groups excluding carboxylic acids is 2. The minimum Gasteiger partial charge on any atom is -0.497 e. The van der Waals surface area contributed by atoms with Crippen LogP contribution < -0.4 is 9.46 Å². The summed E-state index contributed by atoms with van der Waals surface area (Å²) in [5.41, 5.74) is 5.31. The molecule has 2 amide bonds. The Bertz CT molecular complexity index is 1880. The molecule has 4 atom stereocenters. The minimum absolute atomic E-state index is 0.0767.